The van der Waals surface area contributed by atoms with Gasteiger partial charge in [0.2, 0.25) is 0 Å². The monoisotopic (exact) mass is 449 g/mol. The van der Waals surface area contributed by atoms with Crippen molar-refractivity contribution in [1.29, 1.82) is 0 Å². The second-order valence-corrected chi connectivity index (χ2v) is 8.17. The predicted molar refractivity (Wildman–Crippen MR) is 116 cm³/mol. The first-order valence-corrected chi connectivity index (χ1v) is 10.2. The molecule has 0 spiro atoms. The molecule has 142 valence electrons. The van der Waals surface area contributed by atoms with Gasteiger partial charge < -0.3 is 10.7 Å². The summed E-state index contributed by atoms with van der Waals surface area (Å²) in [7, 11) is 0. The number of hydrogen-bond acceptors (Lipinski definition) is 4. The van der Waals surface area contributed by atoms with Crippen LogP contribution in [-0.4, -0.2) is 17.8 Å². The van der Waals surface area contributed by atoms with Gasteiger partial charge in [0.25, 0.3) is 0 Å². The van der Waals surface area contributed by atoms with Gasteiger partial charge in [-0.15, -0.1) is 11.3 Å². The smallest absolute Gasteiger partial charge is 0.189 e. The quantitative estimate of drug-likeness (QED) is 0.574. The van der Waals surface area contributed by atoms with Gasteiger partial charge in [-0.05, 0) is 53.5 Å². The van der Waals surface area contributed by atoms with Crippen LogP contribution in [0.4, 0.5) is 4.39 Å². The molecule has 0 saturated heterocycles. The molecule has 27 heavy (non-hydrogen) atoms. The average molecular weight is 450 g/mol. The van der Waals surface area contributed by atoms with Gasteiger partial charge in [0.1, 0.15) is 5.83 Å². The minimum atomic E-state index is -0.441. The lowest BCUT2D eigenvalue weighted by atomic mass is 10.2. The fourth-order valence-corrected chi connectivity index (χ4v) is 4.90. The number of aromatic nitrogens is 1. The summed E-state index contributed by atoms with van der Waals surface area (Å²) in [5.41, 5.74) is 7.56. The zero-order chi connectivity index (χ0) is 19.6. The van der Waals surface area contributed by atoms with Gasteiger partial charge in [-0.1, -0.05) is 18.7 Å². The van der Waals surface area contributed by atoms with Crippen molar-refractivity contribution in [3.05, 3.63) is 73.1 Å². The van der Waals surface area contributed by atoms with E-state index in [0.717, 1.165) is 26.9 Å². The van der Waals surface area contributed by atoms with Crippen LogP contribution in [0.3, 0.4) is 0 Å². The van der Waals surface area contributed by atoms with Crippen LogP contribution in [0, 0.1) is 6.92 Å². The molecule has 0 unspecified atom stereocenters. The van der Waals surface area contributed by atoms with E-state index in [1.54, 1.807) is 12.3 Å². The lowest BCUT2D eigenvalue weighted by molar-refractivity contribution is 0.578. The van der Waals surface area contributed by atoms with Crippen molar-refractivity contribution < 1.29 is 4.39 Å². The standard InChI is InChI=1S/C20H21BrFN3OS/c1-13-18(27-20(14(2)22)19(13)21)12-24(10-5-9-23)25-11-8-17(26)15-6-3-4-7-16(15)25/h3-4,6-8,11H,2,5,9-10,12,23H2,1H3. The molecule has 0 atom stereocenters. The van der Waals surface area contributed by atoms with E-state index in [2.05, 4.69) is 27.5 Å². The predicted octanol–water partition coefficient (Wildman–Crippen LogP) is 4.56. The van der Waals surface area contributed by atoms with Crippen LogP contribution in [0.25, 0.3) is 16.7 Å². The van der Waals surface area contributed by atoms with Crippen molar-refractivity contribution in [1.82, 2.24) is 4.68 Å². The molecule has 1 aromatic carbocycles. The van der Waals surface area contributed by atoms with Crippen molar-refractivity contribution in [2.24, 2.45) is 5.73 Å². The number of rotatable bonds is 7. The van der Waals surface area contributed by atoms with E-state index in [9.17, 15) is 9.18 Å². The summed E-state index contributed by atoms with van der Waals surface area (Å²) in [5.74, 6) is -0.441. The summed E-state index contributed by atoms with van der Waals surface area (Å²) in [6.45, 7) is 7.24. The fraction of sp³-hybridized carbons (Fsp3) is 0.250. The molecule has 0 amide bonds. The summed E-state index contributed by atoms with van der Waals surface area (Å²) < 4.78 is 16.5. The maximum absolute atomic E-state index is 13.7. The molecule has 2 N–H and O–H groups in total. The number of pyridine rings is 1. The molecule has 0 saturated carbocycles. The van der Waals surface area contributed by atoms with Crippen molar-refractivity contribution in [2.45, 2.75) is 19.9 Å². The molecular formula is C20H21BrFN3OS. The van der Waals surface area contributed by atoms with Gasteiger partial charge in [-0.2, -0.15) is 0 Å². The highest BCUT2D eigenvalue weighted by Gasteiger charge is 2.18. The Morgan fingerprint density at radius 1 is 1.37 bits per heavy atom. The third-order valence-corrected chi connectivity index (χ3v) is 7.02. The van der Waals surface area contributed by atoms with Crippen LogP contribution < -0.4 is 16.2 Å². The highest BCUT2D eigenvalue weighted by Crippen LogP contribution is 2.37. The average Bonchev–Trinajstić information content (AvgIpc) is 2.94. The minimum absolute atomic E-state index is 0.00770. The molecule has 2 aromatic heterocycles. The van der Waals surface area contributed by atoms with Crippen molar-refractivity contribution in [3.8, 4) is 0 Å². The van der Waals surface area contributed by atoms with E-state index < -0.39 is 5.83 Å². The number of thiophene rings is 1. The zero-order valence-electron chi connectivity index (χ0n) is 15.0. The number of hydrogen-bond donors (Lipinski definition) is 1. The maximum atomic E-state index is 13.7. The molecule has 2 heterocycles. The first-order chi connectivity index (χ1) is 12.9. The van der Waals surface area contributed by atoms with Crippen molar-refractivity contribution >= 4 is 44.0 Å². The summed E-state index contributed by atoms with van der Waals surface area (Å²) in [4.78, 5) is 13.8. The highest BCUT2D eigenvalue weighted by molar-refractivity contribution is 9.10. The van der Waals surface area contributed by atoms with E-state index in [1.165, 1.54) is 11.3 Å². The lowest BCUT2D eigenvalue weighted by Gasteiger charge is -2.28. The summed E-state index contributed by atoms with van der Waals surface area (Å²) in [6, 6.07) is 9.10. The molecule has 0 aliphatic heterocycles. The Hall–Kier alpha value is -1.96. The number of halogens is 2. The Balaban J connectivity index is 2.06. The molecule has 3 aromatic rings. The lowest BCUT2D eigenvalue weighted by Crippen LogP contribution is -2.36. The Morgan fingerprint density at radius 3 is 2.78 bits per heavy atom. The van der Waals surface area contributed by atoms with Gasteiger partial charge in [-0.25, -0.2) is 4.39 Å². The molecule has 0 aliphatic rings. The third-order valence-electron chi connectivity index (χ3n) is 4.45. The molecule has 4 nitrogen and oxygen atoms in total. The normalized spacial score (nSPS) is 11.1. The largest absolute Gasteiger partial charge is 0.330 e. The maximum Gasteiger partial charge on any atom is 0.189 e. The molecule has 3 rings (SSSR count). The summed E-state index contributed by atoms with van der Waals surface area (Å²) in [6.07, 6.45) is 2.59. The fourth-order valence-electron chi connectivity index (χ4n) is 3.00. The van der Waals surface area contributed by atoms with Gasteiger partial charge in [0.15, 0.2) is 5.43 Å². The van der Waals surface area contributed by atoms with E-state index in [4.69, 9.17) is 5.73 Å². The molecular weight excluding hydrogens is 429 g/mol. The molecule has 0 radical (unpaired) electrons. The SMILES string of the molecule is C=C(F)c1sc(CN(CCCN)n2ccc(=O)c3ccccc32)c(C)c1Br. The number of benzene rings is 1. The summed E-state index contributed by atoms with van der Waals surface area (Å²) >= 11 is 4.86. The first-order valence-electron chi connectivity index (χ1n) is 8.62. The van der Waals surface area contributed by atoms with Crippen LogP contribution in [0.2, 0.25) is 0 Å². The zero-order valence-corrected chi connectivity index (χ0v) is 17.4. The molecule has 0 aliphatic carbocycles. The number of para-hydroxylation sites is 1. The van der Waals surface area contributed by atoms with Crippen LogP contribution in [0.5, 0.6) is 0 Å². The van der Waals surface area contributed by atoms with E-state index in [-0.39, 0.29) is 5.43 Å². The van der Waals surface area contributed by atoms with E-state index in [0.29, 0.717) is 29.9 Å². The van der Waals surface area contributed by atoms with Crippen LogP contribution in [-0.2, 0) is 6.54 Å². The van der Waals surface area contributed by atoms with Gasteiger partial charge in [0.05, 0.1) is 16.9 Å². The second-order valence-electron chi connectivity index (χ2n) is 6.27. The number of nitrogens with zero attached hydrogens (tertiary/aromatic N) is 2. The van der Waals surface area contributed by atoms with Crippen LogP contribution in [0.1, 0.15) is 21.7 Å². The molecule has 0 bridgehead atoms. The van der Waals surface area contributed by atoms with Gasteiger partial charge >= 0.3 is 0 Å². The van der Waals surface area contributed by atoms with Crippen LogP contribution in [0.15, 0.2) is 52.4 Å². The number of fused-ring (bicyclic) bond motifs is 1. The summed E-state index contributed by atoms with van der Waals surface area (Å²) in [5, 5.41) is 2.80. The number of nitrogens with two attached hydrogens (primary N) is 1. The van der Waals surface area contributed by atoms with Crippen LogP contribution >= 0.6 is 27.3 Å². The Morgan fingerprint density at radius 2 is 2.11 bits per heavy atom. The Bertz CT molecular complexity index is 1040. The van der Waals surface area contributed by atoms with Gasteiger partial charge in [0, 0.05) is 33.5 Å². The minimum Gasteiger partial charge on any atom is -0.330 e. The van der Waals surface area contributed by atoms with E-state index >= 15 is 0 Å². The first kappa shape index (κ1) is 19.8. The van der Waals surface area contributed by atoms with Crippen molar-refractivity contribution in [2.75, 3.05) is 18.1 Å². The molecule has 0 fully saturated rings. The van der Waals surface area contributed by atoms with Gasteiger partial charge in [-0.3, -0.25) is 9.47 Å². The topological polar surface area (TPSA) is 51.3 Å². The highest BCUT2D eigenvalue weighted by atomic mass is 79.9. The molecule has 7 heteroatoms. The third kappa shape index (κ3) is 4.00. The second kappa shape index (κ2) is 8.37. The Kier molecular flexibility index (Phi) is 6.14. The Labute approximate surface area is 169 Å². The van der Waals surface area contributed by atoms with E-state index in [1.807, 2.05) is 35.9 Å². The van der Waals surface area contributed by atoms with Crippen molar-refractivity contribution in [3.63, 3.8) is 0 Å².